The standard InChI is InChI=1S/C16H13N3O/c20-11-15-13(5-2-8-18-15)14-6-3-9-19-16(14)12-4-1-7-17-10-12/h1-10,20H,11H2. The van der Waals surface area contributed by atoms with E-state index in [1.165, 1.54) is 0 Å². The van der Waals surface area contributed by atoms with Crippen molar-refractivity contribution in [3.63, 3.8) is 0 Å². The zero-order valence-corrected chi connectivity index (χ0v) is 10.8. The van der Waals surface area contributed by atoms with Crippen LogP contribution in [0, 0.1) is 0 Å². The summed E-state index contributed by atoms with van der Waals surface area (Å²) in [6.07, 6.45) is 6.94. The van der Waals surface area contributed by atoms with Gasteiger partial charge < -0.3 is 5.11 Å². The van der Waals surface area contributed by atoms with Crippen LogP contribution in [0.5, 0.6) is 0 Å². The highest BCUT2D eigenvalue weighted by Crippen LogP contribution is 2.31. The van der Waals surface area contributed by atoms with Gasteiger partial charge in [0, 0.05) is 41.5 Å². The lowest BCUT2D eigenvalue weighted by molar-refractivity contribution is 0.277. The third kappa shape index (κ3) is 2.29. The van der Waals surface area contributed by atoms with Crippen molar-refractivity contribution < 1.29 is 5.11 Å². The Balaban J connectivity index is 2.20. The first-order valence-electron chi connectivity index (χ1n) is 6.30. The highest BCUT2D eigenvalue weighted by molar-refractivity contribution is 5.81. The third-order valence-corrected chi connectivity index (χ3v) is 3.07. The maximum absolute atomic E-state index is 9.45. The lowest BCUT2D eigenvalue weighted by Gasteiger charge is -2.11. The van der Waals surface area contributed by atoms with E-state index in [9.17, 15) is 5.11 Å². The number of nitrogens with zero attached hydrogens (tertiary/aromatic N) is 3. The highest BCUT2D eigenvalue weighted by Gasteiger charge is 2.12. The van der Waals surface area contributed by atoms with E-state index in [2.05, 4.69) is 15.0 Å². The van der Waals surface area contributed by atoms with E-state index in [-0.39, 0.29) is 6.61 Å². The Morgan fingerprint density at radius 3 is 2.35 bits per heavy atom. The van der Waals surface area contributed by atoms with Gasteiger partial charge in [0.25, 0.3) is 0 Å². The zero-order valence-electron chi connectivity index (χ0n) is 10.8. The van der Waals surface area contributed by atoms with Crippen LogP contribution in [0.4, 0.5) is 0 Å². The summed E-state index contributed by atoms with van der Waals surface area (Å²) < 4.78 is 0. The van der Waals surface area contributed by atoms with Crippen molar-refractivity contribution in [3.05, 3.63) is 66.9 Å². The summed E-state index contributed by atoms with van der Waals surface area (Å²) in [4.78, 5) is 12.8. The van der Waals surface area contributed by atoms with Crippen LogP contribution in [0.25, 0.3) is 22.4 Å². The molecular formula is C16H13N3O. The smallest absolute Gasteiger partial charge is 0.0859 e. The van der Waals surface area contributed by atoms with Gasteiger partial charge in [0.05, 0.1) is 18.0 Å². The summed E-state index contributed by atoms with van der Waals surface area (Å²) in [5, 5.41) is 9.45. The maximum Gasteiger partial charge on any atom is 0.0859 e. The summed E-state index contributed by atoms with van der Waals surface area (Å²) in [6, 6.07) is 11.5. The van der Waals surface area contributed by atoms with E-state index in [1.54, 1.807) is 24.8 Å². The van der Waals surface area contributed by atoms with Crippen LogP contribution in [0.1, 0.15) is 5.69 Å². The minimum Gasteiger partial charge on any atom is -0.390 e. The molecule has 98 valence electrons. The molecule has 0 atom stereocenters. The van der Waals surface area contributed by atoms with Crippen molar-refractivity contribution >= 4 is 0 Å². The molecule has 1 N–H and O–H groups in total. The topological polar surface area (TPSA) is 58.9 Å². The minimum absolute atomic E-state index is 0.0997. The second-order valence-electron chi connectivity index (χ2n) is 4.30. The Bertz CT molecular complexity index is 714. The first-order valence-corrected chi connectivity index (χ1v) is 6.30. The Labute approximate surface area is 116 Å². The molecule has 0 radical (unpaired) electrons. The van der Waals surface area contributed by atoms with E-state index in [0.717, 1.165) is 22.4 Å². The monoisotopic (exact) mass is 263 g/mol. The van der Waals surface area contributed by atoms with Crippen molar-refractivity contribution in [2.24, 2.45) is 0 Å². The predicted octanol–water partition coefficient (Wildman–Crippen LogP) is 2.70. The van der Waals surface area contributed by atoms with Crippen LogP contribution >= 0.6 is 0 Å². The molecule has 3 aromatic rings. The number of hydrogen-bond donors (Lipinski definition) is 1. The predicted molar refractivity (Wildman–Crippen MR) is 76.6 cm³/mol. The summed E-state index contributed by atoms with van der Waals surface area (Å²) in [6.45, 7) is -0.0997. The normalized spacial score (nSPS) is 10.4. The average molecular weight is 263 g/mol. The summed E-state index contributed by atoms with van der Waals surface area (Å²) in [5.74, 6) is 0. The van der Waals surface area contributed by atoms with Crippen LogP contribution in [-0.2, 0) is 6.61 Å². The number of aromatic nitrogens is 3. The molecule has 4 heteroatoms. The van der Waals surface area contributed by atoms with Gasteiger partial charge in [0.15, 0.2) is 0 Å². The Morgan fingerprint density at radius 1 is 0.850 bits per heavy atom. The van der Waals surface area contributed by atoms with Gasteiger partial charge in [-0.15, -0.1) is 0 Å². The van der Waals surface area contributed by atoms with E-state index in [1.807, 2.05) is 36.4 Å². The van der Waals surface area contributed by atoms with E-state index < -0.39 is 0 Å². The van der Waals surface area contributed by atoms with Crippen LogP contribution in [0.2, 0.25) is 0 Å². The van der Waals surface area contributed by atoms with Crippen molar-refractivity contribution in [3.8, 4) is 22.4 Å². The molecule has 0 aliphatic heterocycles. The van der Waals surface area contributed by atoms with Crippen molar-refractivity contribution in [2.45, 2.75) is 6.61 Å². The molecular weight excluding hydrogens is 250 g/mol. The largest absolute Gasteiger partial charge is 0.390 e. The highest BCUT2D eigenvalue weighted by atomic mass is 16.3. The number of hydrogen-bond acceptors (Lipinski definition) is 4. The van der Waals surface area contributed by atoms with Gasteiger partial charge in [0.2, 0.25) is 0 Å². The Hall–Kier alpha value is -2.59. The van der Waals surface area contributed by atoms with Crippen LogP contribution < -0.4 is 0 Å². The van der Waals surface area contributed by atoms with Crippen LogP contribution in [0.3, 0.4) is 0 Å². The second-order valence-corrected chi connectivity index (χ2v) is 4.30. The van der Waals surface area contributed by atoms with Crippen LogP contribution in [0.15, 0.2) is 61.2 Å². The minimum atomic E-state index is -0.0997. The second kappa shape index (κ2) is 5.59. The lowest BCUT2D eigenvalue weighted by atomic mass is 9.99. The van der Waals surface area contributed by atoms with Crippen molar-refractivity contribution in [1.82, 2.24) is 15.0 Å². The Kier molecular flexibility index (Phi) is 3.48. The molecule has 0 fully saturated rings. The first kappa shape index (κ1) is 12.4. The Morgan fingerprint density at radius 2 is 1.60 bits per heavy atom. The molecule has 0 aliphatic rings. The molecule has 0 saturated heterocycles. The average Bonchev–Trinajstić information content (AvgIpc) is 2.55. The molecule has 0 saturated carbocycles. The van der Waals surface area contributed by atoms with Gasteiger partial charge >= 0.3 is 0 Å². The molecule has 20 heavy (non-hydrogen) atoms. The fourth-order valence-corrected chi connectivity index (χ4v) is 2.16. The number of aliphatic hydroxyl groups excluding tert-OH is 1. The summed E-state index contributed by atoms with van der Waals surface area (Å²) in [5.41, 5.74) is 4.25. The molecule has 3 aromatic heterocycles. The molecule has 0 spiro atoms. The third-order valence-electron chi connectivity index (χ3n) is 3.07. The first-order chi connectivity index (χ1) is 9.90. The van der Waals surface area contributed by atoms with Gasteiger partial charge in [-0.25, -0.2) is 0 Å². The van der Waals surface area contributed by atoms with Crippen molar-refractivity contribution in [1.29, 1.82) is 0 Å². The van der Waals surface area contributed by atoms with E-state index in [4.69, 9.17) is 0 Å². The molecule has 3 rings (SSSR count). The fraction of sp³-hybridized carbons (Fsp3) is 0.0625. The van der Waals surface area contributed by atoms with Crippen molar-refractivity contribution in [2.75, 3.05) is 0 Å². The summed E-state index contributed by atoms with van der Waals surface area (Å²) in [7, 11) is 0. The quantitative estimate of drug-likeness (QED) is 0.789. The fourth-order valence-electron chi connectivity index (χ4n) is 2.16. The van der Waals surface area contributed by atoms with Gasteiger partial charge in [-0.3, -0.25) is 15.0 Å². The van der Waals surface area contributed by atoms with E-state index in [0.29, 0.717) is 5.69 Å². The molecule has 0 unspecified atom stereocenters. The molecule has 0 amide bonds. The molecule has 4 nitrogen and oxygen atoms in total. The molecule has 3 heterocycles. The molecule has 0 aliphatic carbocycles. The van der Waals surface area contributed by atoms with Gasteiger partial charge in [-0.2, -0.15) is 0 Å². The number of rotatable bonds is 3. The van der Waals surface area contributed by atoms with Gasteiger partial charge in [0.1, 0.15) is 0 Å². The number of aliphatic hydroxyl groups is 1. The number of pyridine rings is 3. The SMILES string of the molecule is OCc1ncccc1-c1cccnc1-c1cccnc1. The molecule has 0 aromatic carbocycles. The molecule has 0 bridgehead atoms. The van der Waals surface area contributed by atoms with Gasteiger partial charge in [-0.05, 0) is 24.3 Å². The van der Waals surface area contributed by atoms with E-state index >= 15 is 0 Å². The van der Waals surface area contributed by atoms with Gasteiger partial charge in [-0.1, -0.05) is 12.1 Å². The lowest BCUT2D eigenvalue weighted by Crippen LogP contribution is -1.96. The van der Waals surface area contributed by atoms with Crippen LogP contribution in [-0.4, -0.2) is 20.1 Å². The zero-order chi connectivity index (χ0) is 13.8. The summed E-state index contributed by atoms with van der Waals surface area (Å²) >= 11 is 0. The maximum atomic E-state index is 9.45.